The highest BCUT2D eigenvalue weighted by Crippen LogP contribution is 2.38. The highest BCUT2D eigenvalue weighted by Gasteiger charge is 2.03. The zero-order valence-corrected chi connectivity index (χ0v) is 9.45. The molecular formula is C13H11OP. The van der Waals surface area contributed by atoms with Gasteiger partial charge in [0, 0.05) is 5.12 Å². The van der Waals surface area contributed by atoms with Crippen LogP contribution in [-0.2, 0) is 0 Å². The van der Waals surface area contributed by atoms with E-state index >= 15 is 0 Å². The van der Waals surface area contributed by atoms with Gasteiger partial charge in [-0.2, -0.15) is 0 Å². The van der Waals surface area contributed by atoms with Crippen molar-refractivity contribution in [1.29, 1.82) is 0 Å². The summed E-state index contributed by atoms with van der Waals surface area (Å²) in [6.45, 7) is 0. The van der Waals surface area contributed by atoms with Gasteiger partial charge in [-0.1, -0.05) is 24.3 Å². The van der Waals surface area contributed by atoms with E-state index in [9.17, 15) is 0 Å². The molecule has 1 unspecified atom stereocenters. The van der Waals surface area contributed by atoms with Crippen molar-refractivity contribution in [2.75, 3.05) is 7.11 Å². The standard InChI is InChI=1S/C13H11OP/c1-14-9-6-7-11-10-4-2-3-5-12(10)15-13(11)8-9/h2-8,15H,1H3. The molecule has 1 aromatic heterocycles. The second-order valence-electron chi connectivity index (χ2n) is 3.58. The van der Waals surface area contributed by atoms with Crippen LogP contribution in [0.15, 0.2) is 42.5 Å². The Morgan fingerprint density at radius 1 is 0.933 bits per heavy atom. The molecule has 1 atom stereocenters. The molecule has 74 valence electrons. The Morgan fingerprint density at radius 3 is 2.60 bits per heavy atom. The van der Waals surface area contributed by atoms with Gasteiger partial charge in [-0.15, -0.1) is 8.19 Å². The molecule has 2 aromatic carbocycles. The summed E-state index contributed by atoms with van der Waals surface area (Å²) < 4.78 is 5.24. The van der Waals surface area contributed by atoms with Gasteiger partial charge in [0.25, 0.3) is 0 Å². The van der Waals surface area contributed by atoms with Crippen LogP contribution < -0.4 is 4.74 Å². The molecule has 15 heavy (non-hydrogen) atoms. The molecule has 0 saturated heterocycles. The molecule has 0 spiro atoms. The Balaban J connectivity index is 2.43. The molecule has 1 heterocycles. The van der Waals surface area contributed by atoms with Crippen molar-refractivity contribution in [2.24, 2.45) is 0 Å². The second-order valence-corrected chi connectivity index (χ2v) is 4.91. The van der Waals surface area contributed by atoms with Crippen molar-refractivity contribution in [1.82, 2.24) is 0 Å². The molecule has 2 heteroatoms. The third-order valence-electron chi connectivity index (χ3n) is 2.71. The average Bonchev–Trinajstić information content (AvgIpc) is 2.66. The van der Waals surface area contributed by atoms with Crippen LogP contribution in [0.2, 0.25) is 0 Å². The van der Waals surface area contributed by atoms with Crippen molar-refractivity contribution in [3.05, 3.63) is 42.5 Å². The minimum absolute atomic E-state index is 0.770. The summed E-state index contributed by atoms with van der Waals surface area (Å²) in [5.74, 6) is 0.953. The van der Waals surface area contributed by atoms with Crippen molar-refractivity contribution in [3.8, 4) is 5.75 Å². The fourth-order valence-corrected chi connectivity index (χ4v) is 3.35. The first-order chi connectivity index (χ1) is 7.38. The Bertz CT molecular complexity index is 625. The Labute approximate surface area is 89.8 Å². The fraction of sp³-hybridized carbons (Fsp3) is 0.0769. The fourth-order valence-electron chi connectivity index (χ4n) is 1.96. The predicted octanol–water partition coefficient (Wildman–Crippen LogP) is 4.03. The molecule has 1 nitrogen and oxygen atoms in total. The highest BCUT2D eigenvalue weighted by atomic mass is 31.0. The predicted molar refractivity (Wildman–Crippen MR) is 67.5 cm³/mol. The number of ether oxygens (including phenoxy) is 1. The molecule has 0 N–H and O–H groups in total. The van der Waals surface area contributed by atoms with Crippen LogP contribution >= 0.6 is 8.19 Å². The van der Waals surface area contributed by atoms with E-state index in [2.05, 4.69) is 36.4 Å². The van der Waals surface area contributed by atoms with Crippen LogP contribution in [0, 0.1) is 0 Å². The van der Waals surface area contributed by atoms with E-state index in [-0.39, 0.29) is 0 Å². The summed E-state index contributed by atoms with van der Waals surface area (Å²) in [5.41, 5.74) is 0. The van der Waals surface area contributed by atoms with Crippen LogP contribution in [0.25, 0.3) is 21.0 Å². The number of fused-ring (bicyclic) bond motifs is 3. The summed E-state index contributed by atoms with van der Waals surface area (Å²) >= 11 is 0. The summed E-state index contributed by atoms with van der Waals surface area (Å²) in [7, 11) is 2.49. The van der Waals surface area contributed by atoms with E-state index < -0.39 is 0 Å². The van der Waals surface area contributed by atoms with Crippen LogP contribution in [0.3, 0.4) is 0 Å². The molecule has 0 radical (unpaired) electrons. The van der Waals surface area contributed by atoms with Crippen LogP contribution in [-0.4, -0.2) is 7.11 Å². The van der Waals surface area contributed by atoms with E-state index in [1.807, 2.05) is 6.07 Å². The summed E-state index contributed by atoms with van der Waals surface area (Å²) in [4.78, 5) is 0. The lowest BCUT2D eigenvalue weighted by Gasteiger charge is -1.98. The molecule has 0 bridgehead atoms. The molecule has 0 aliphatic rings. The minimum Gasteiger partial charge on any atom is -0.497 e. The van der Waals surface area contributed by atoms with Gasteiger partial charge < -0.3 is 4.74 Å². The van der Waals surface area contributed by atoms with Gasteiger partial charge in [0.05, 0.1) is 7.11 Å². The zero-order valence-electron chi connectivity index (χ0n) is 8.45. The molecule has 3 rings (SSSR count). The van der Waals surface area contributed by atoms with Gasteiger partial charge in [-0.25, -0.2) is 0 Å². The van der Waals surface area contributed by atoms with Gasteiger partial charge in [0.15, 0.2) is 0 Å². The molecule has 0 aliphatic carbocycles. The number of rotatable bonds is 1. The second kappa shape index (κ2) is 3.29. The van der Waals surface area contributed by atoms with Crippen LogP contribution in [0.1, 0.15) is 0 Å². The number of hydrogen-bond acceptors (Lipinski definition) is 1. The highest BCUT2D eigenvalue weighted by molar-refractivity contribution is 7.43. The first kappa shape index (κ1) is 8.82. The van der Waals surface area contributed by atoms with Gasteiger partial charge in [-0.3, -0.25) is 0 Å². The first-order valence-electron chi connectivity index (χ1n) is 4.93. The van der Waals surface area contributed by atoms with E-state index in [1.54, 1.807) is 7.11 Å². The molecule has 0 aliphatic heterocycles. The van der Waals surface area contributed by atoms with E-state index in [4.69, 9.17) is 4.74 Å². The van der Waals surface area contributed by atoms with Crippen molar-refractivity contribution >= 4 is 29.2 Å². The Hall–Kier alpha value is -1.46. The third-order valence-corrected chi connectivity index (χ3v) is 4.10. The summed E-state index contributed by atoms with van der Waals surface area (Å²) in [5, 5.41) is 5.59. The molecule has 0 amide bonds. The smallest absolute Gasteiger partial charge is 0.119 e. The lowest BCUT2D eigenvalue weighted by molar-refractivity contribution is 0.415. The van der Waals surface area contributed by atoms with E-state index in [0.717, 1.165) is 13.9 Å². The topological polar surface area (TPSA) is 9.23 Å². The van der Waals surface area contributed by atoms with Gasteiger partial charge in [0.1, 0.15) is 5.75 Å². The van der Waals surface area contributed by atoms with Gasteiger partial charge in [-0.05, 0) is 34.1 Å². The molecule has 0 saturated carbocycles. The zero-order chi connectivity index (χ0) is 10.3. The maximum atomic E-state index is 5.24. The lowest BCUT2D eigenvalue weighted by atomic mass is 10.1. The third kappa shape index (κ3) is 1.32. The summed E-state index contributed by atoms with van der Waals surface area (Å²) in [6.07, 6.45) is 0. The number of benzene rings is 2. The number of methoxy groups -OCH3 is 1. The van der Waals surface area contributed by atoms with E-state index in [0.29, 0.717) is 0 Å². The SMILES string of the molecule is COc1ccc2c(c1)[pH]c1ccccc12. The van der Waals surface area contributed by atoms with Crippen LogP contribution in [0.5, 0.6) is 5.75 Å². The average molecular weight is 214 g/mol. The van der Waals surface area contributed by atoms with Crippen molar-refractivity contribution in [2.45, 2.75) is 0 Å². The number of hydrogen-bond donors (Lipinski definition) is 0. The Morgan fingerprint density at radius 2 is 1.73 bits per heavy atom. The largest absolute Gasteiger partial charge is 0.497 e. The molecule has 0 fully saturated rings. The maximum Gasteiger partial charge on any atom is 0.119 e. The minimum atomic E-state index is 0.770. The summed E-state index contributed by atoms with van der Waals surface area (Å²) in [6, 6.07) is 14.9. The first-order valence-corrected chi connectivity index (χ1v) is 5.93. The maximum absolute atomic E-state index is 5.24. The Kier molecular flexibility index (Phi) is 1.93. The quantitative estimate of drug-likeness (QED) is 0.594. The monoisotopic (exact) mass is 214 g/mol. The normalized spacial score (nSPS) is 11.5. The van der Waals surface area contributed by atoms with Crippen LogP contribution in [0.4, 0.5) is 0 Å². The van der Waals surface area contributed by atoms with Gasteiger partial charge in [0.2, 0.25) is 0 Å². The lowest BCUT2D eigenvalue weighted by Crippen LogP contribution is -1.79. The van der Waals surface area contributed by atoms with Gasteiger partial charge >= 0.3 is 0 Å². The van der Waals surface area contributed by atoms with E-state index in [1.165, 1.54) is 21.0 Å². The van der Waals surface area contributed by atoms with Crippen molar-refractivity contribution < 1.29 is 4.74 Å². The molecule has 3 aromatic rings. The van der Waals surface area contributed by atoms with Crippen molar-refractivity contribution in [3.63, 3.8) is 0 Å². The molecular weight excluding hydrogens is 203 g/mol.